The van der Waals surface area contributed by atoms with Crippen molar-refractivity contribution in [3.8, 4) is 0 Å². The number of anilines is 1. The van der Waals surface area contributed by atoms with Crippen LogP contribution in [0.25, 0.3) is 0 Å². The molecule has 2 aliphatic heterocycles. The van der Waals surface area contributed by atoms with Crippen molar-refractivity contribution < 1.29 is 4.74 Å². The summed E-state index contributed by atoms with van der Waals surface area (Å²) in [5.74, 6) is 1.59. The third kappa shape index (κ3) is 3.71. The van der Waals surface area contributed by atoms with E-state index in [4.69, 9.17) is 4.74 Å². The maximum absolute atomic E-state index is 5.91. The Labute approximate surface area is 156 Å². The maximum Gasteiger partial charge on any atom is 0.132 e. The zero-order valence-corrected chi connectivity index (χ0v) is 16.0. The minimum absolute atomic E-state index is 0.238. The van der Waals surface area contributed by atoms with Gasteiger partial charge in [0.05, 0.1) is 17.8 Å². The number of fused-ring (bicyclic) bond motifs is 1. The van der Waals surface area contributed by atoms with Gasteiger partial charge in [-0.15, -0.1) is 0 Å². The van der Waals surface area contributed by atoms with Gasteiger partial charge < -0.3 is 14.5 Å². The molecule has 0 spiro atoms. The van der Waals surface area contributed by atoms with Crippen LogP contribution in [-0.2, 0) is 4.74 Å². The van der Waals surface area contributed by atoms with E-state index in [2.05, 4.69) is 50.5 Å². The van der Waals surface area contributed by atoms with E-state index in [0.717, 1.165) is 70.1 Å². The van der Waals surface area contributed by atoms with Crippen LogP contribution in [0.4, 0.5) is 5.82 Å². The van der Waals surface area contributed by atoms with Crippen molar-refractivity contribution in [1.29, 1.82) is 0 Å². The first-order valence-electron chi connectivity index (χ1n) is 10.2. The van der Waals surface area contributed by atoms with Gasteiger partial charge in [0.25, 0.3) is 0 Å². The predicted molar refractivity (Wildman–Crippen MR) is 102 cm³/mol. The van der Waals surface area contributed by atoms with Gasteiger partial charge in [-0.1, -0.05) is 6.92 Å². The Hall–Kier alpha value is -1.28. The molecule has 1 aliphatic carbocycles. The summed E-state index contributed by atoms with van der Waals surface area (Å²) in [6.45, 7) is 10.6. The fraction of sp³-hybridized carbons (Fsp3) is 0.789. The smallest absolute Gasteiger partial charge is 0.132 e. The van der Waals surface area contributed by atoms with E-state index in [-0.39, 0.29) is 6.04 Å². The molecule has 4 atom stereocenters. The average Bonchev–Trinajstić information content (AvgIpc) is 3.12. The number of hydrazine groups is 1. The fourth-order valence-corrected chi connectivity index (χ4v) is 4.69. The summed E-state index contributed by atoms with van der Waals surface area (Å²) in [5.41, 5.74) is 8.10. The molecule has 3 heterocycles. The lowest BCUT2D eigenvalue weighted by Crippen LogP contribution is -2.46. The number of aromatic nitrogens is 2. The molecule has 2 N–H and O–H groups in total. The van der Waals surface area contributed by atoms with Gasteiger partial charge in [-0.3, -0.25) is 5.43 Å². The van der Waals surface area contributed by atoms with Crippen molar-refractivity contribution in [2.75, 3.05) is 44.2 Å². The van der Waals surface area contributed by atoms with Crippen molar-refractivity contribution in [2.24, 2.45) is 5.92 Å². The molecular formula is C19H32N6O. The van der Waals surface area contributed by atoms with Crippen molar-refractivity contribution in [3.05, 3.63) is 18.1 Å². The van der Waals surface area contributed by atoms with Crippen molar-refractivity contribution >= 4 is 5.82 Å². The van der Waals surface area contributed by atoms with Gasteiger partial charge in [0, 0.05) is 50.8 Å². The SMILES string of the molecule is CCOC1CCC2NNC(c3cc(N4CCN(CC)CC4)ncn3)C2C1. The van der Waals surface area contributed by atoms with Crippen molar-refractivity contribution in [2.45, 2.75) is 51.3 Å². The van der Waals surface area contributed by atoms with Crippen molar-refractivity contribution in [1.82, 2.24) is 25.7 Å². The van der Waals surface area contributed by atoms with Crippen LogP contribution in [0, 0.1) is 5.92 Å². The van der Waals surface area contributed by atoms with Crippen LogP contribution in [0.5, 0.6) is 0 Å². The van der Waals surface area contributed by atoms with Gasteiger partial charge in [0.15, 0.2) is 0 Å². The molecule has 1 aromatic rings. The summed E-state index contributed by atoms with van der Waals surface area (Å²) in [4.78, 5) is 14.1. The van der Waals surface area contributed by atoms with Gasteiger partial charge in [0.1, 0.15) is 12.1 Å². The fourth-order valence-electron chi connectivity index (χ4n) is 4.69. The normalized spacial score (nSPS) is 32.6. The number of nitrogens with one attached hydrogen (secondary N) is 2. The van der Waals surface area contributed by atoms with Gasteiger partial charge >= 0.3 is 0 Å². The van der Waals surface area contributed by atoms with Crippen LogP contribution in [0.1, 0.15) is 44.8 Å². The molecule has 1 saturated carbocycles. The molecule has 4 rings (SSSR count). The summed E-state index contributed by atoms with van der Waals surface area (Å²) in [6, 6.07) is 2.94. The number of likely N-dealkylation sites (N-methyl/N-ethyl adjacent to an activating group) is 1. The molecule has 0 aromatic carbocycles. The molecule has 1 aromatic heterocycles. The second-order valence-corrected chi connectivity index (χ2v) is 7.65. The van der Waals surface area contributed by atoms with E-state index < -0.39 is 0 Å². The van der Waals surface area contributed by atoms with E-state index in [0.29, 0.717) is 18.1 Å². The third-order valence-corrected chi connectivity index (χ3v) is 6.24. The van der Waals surface area contributed by atoms with Crippen LogP contribution < -0.4 is 15.8 Å². The van der Waals surface area contributed by atoms with E-state index in [1.807, 2.05) is 0 Å². The highest BCUT2D eigenvalue weighted by Crippen LogP contribution is 2.38. The summed E-state index contributed by atoms with van der Waals surface area (Å²) in [7, 11) is 0. The summed E-state index contributed by atoms with van der Waals surface area (Å²) < 4.78 is 5.91. The highest BCUT2D eigenvalue weighted by Gasteiger charge is 2.42. The summed E-state index contributed by atoms with van der Waals surface area (Å²) in [5, 5.41) is 0. The van der Waals surface area contributed by atoms with E-state index in [1.54, 1.807) is 6.33 Å². The first-order valence-corrected chi connectivity index (χ1v) is 10.2. The number of ether oxygens (including phenoxy) is 1. The summed E-state index contributed by atoms with van der Waals surface area (Å²) >= 11 is 0. The third-order valence-electron chi connectivity index (χ3n) is 6.24. The molecule has 4 unspecified atom stereocenters. The lowest BCUT2D eigenvalue weighted by Gasteiger charge is -2.35. The van der Waals surface area contributed by atoms with E-state index >= 15 is 0 Å². The molecule has 0 amide bonds. The zero-order valence-electron chi connectivity index (χ0n) is 16.0. The topological polar surface area (TPSA) is 65.6 Å². The number of nitrogens with zero attached hydrogens (tertiary/aromatic N) is 4. The molecule has 26 heavy (non-hydrogen) atoms. The Morgan fingerprint density at radius 2 is 1.96 bits per heavy atom. The van der Waals surface area contributed by atoms with Crippen LogP contribution in [0.15, 0.2) is 12.4 Å². The Morgan fingerprint density at radius 1 is 1.12 bits per heavy atom. The molecule has 7 nitrogen and oxygen atoms in total. The molecule has 7 heteroatoms. The monoisotopic (exact) mass is 360 g/mol. The molecule has 144 valence electrons. The number of hydrogen-bond donors (Lipinski definition) is 2. The second kappa shape index (κ2) is 8.17. The first-order chi connectivity index (χ1) is 12.8. The molecule has 0 bridgehead atoms. The minimum atomic E-state index is 0.238. The lowest BCUT2D eigenvalue weighted by atomic mass is 9.79. The Morgan fingerprint density at radius 3 is 2.73 bits per heavy atom. The van der Waals surface area contributed by atoms with Crippen molar-refractivity contribution in [3.63, 3.8) is 0 Å². The lowest BCUT2D eigenvalue weighted by molar-refractivity contribution is 0.0149. The molecular weight excluding hydrogens is 328 g/mol. The number of piperazine rings is 1. The van der Waals surface area contributed by atoms with E-state index in [9.17, 15) is 0 Å². The predicted octanol–water partition coefficient (Wildman–Crippen LogP) is 1.34. The van der Waals surface area contributed by atoms with Crippen LogP contribution in [0.3, 0.4) is 0 Å². The largest absolute Gasteiger partial charge is 0.378 e. The van der Waals surface area contributed by atoms with Gasteiger partial charge in [-0.25, -0.2) is 15.4 Å². The standard InChI is InChI=1S/C19H32N6O/c1-3-24-7-9-25(10-8-24)18-12-17(20-13-21-18)19-15-11-14(26-4-2)5-6-16(15)22-23-19/h12-16,19,22-23H,3-11H2,1-2H3. The molecule has 3 aliphatic rings. The number of rotatable bonds is 5. The van der Waals surface area contributed by atoms with Gasteiger partial charge in [-0.2, -0.15) is 0 Å². The van der Waals surface area contributed by atoms with E-state index in [1.165, 1.54) is 0 Å². The Balaban J connectivity index is 1.46. The summed E-state index contributed by atoms with van der Waals surface area (Å²) in [6.07, 6.45) is 5.52. The zero-order chi connectivity index (χ0) is 17.9. The Bertz CT molecular complexity index is 591. The average molecular weight is 361 g/mol. The van der Waals surface area contributed by atoms with Gasteiger partial charge in [-0.05, 0) is 32.7 Å². The minimum Gasteiger partial charge on any atom is -0.378 e. The van der Waals surface area contributed by atoms with Crippen LogP contribution >= 0.6 is 0 Å². The Kier molecular flexibility index (Phi) is 5.69. The van der Waals surface area contributed by atoms with Crippen LogP contribution in [0.2, 0.25) is 0 Å². The second-order valence-electron chi connectivity index (χ2n) is 7.65. The molecule has 2 saturated heterocycles. The quantitative estimate of drug-likeness (QED) is 0.821. The first kappa shape index (κ1) is 18.1. The molecule has 0 radical (unpaired) electrons. The number of hydrogen-bond acceptors (Lipinski definition) is 7. The molecule has 3 fully saturated rings. The van der Waals surface area contributed by atoms with Crippen LogP contribution in [-0.4, -0.2) is 66.3 Å². The van der Waals surface area contributed by atoms with Gasteiger partial charge in [0.2, 0.25) is 0 Å². The highest BCUT2D eigenvalue weighted by atomic mass is 16.5. The maximum atomic E-state index is 5.91. The highest BCUT2D eigenvalue weighted by molar-refractivity contribution is 5.40.